The van der Waals surface area contributed by atoms with E-state index >= 15 is 0 Å². The Bertz CT molecular complexity index is 345. The number of fused-ring (bicyclic) bond motifs is 1. The molecule has 0 amide bonds. The van der Waals surface area contributed by atoms with Gasteiger partial charge in [0.15, 0.2) is 0 Å². The van der Waals surface area contributed by atoms with Crippen molar-refractivity contribution in [3.8, 4) is 0 Å². The van der Waals surface area contributed by atoms with Crippen molar-refractivity contribution in [1.82, 2.24) is 4.90 Å². The molecule has 4 heteroatoms. The smallest absolute Gasteiger partial charge is 0.0731 e. The summed E-state index contributed by atoms with van der Waals surface area (Å²) in [5.41, 5.74) is 6.34. The van der Waals surface area contributed by atoms with Crippen LogP contribution in [0, 0.1) is 0 Å². The summed E-state index contributed by atoms with van der Waals surface area (Å²) in [6, 6.07) is 0.579. The van der Waals surface area contributed by atoms with Crippen LogP contribution in [-0.2, 0) is 9.47 Å². The number of nitrogens with zero attached hydrogens (tertiary/aromatic N) is 1. The quantitative estimate of drug-likeness (QED) is 0.840. The number of hydrogen-bond donors (Lipinski definition) is 1. The minimum Gasteiger partial charge on any atom is -0.375 e. The average Bonchev–Trinajstić information content (AvgIpc) is 2.45. The molecule has 0 bridgehead atoms. The van der Waals surface area contributed by atoms with Crippen LogP contribution in [0.5, 0.6) is 0 Å². The fourth-order valence-electron chi connectivity index (χ4n) is 4.67. The first-order chi connectivity index (χ1) is 9.56. The average molecular weight is 282 g/mol. The molecule has 4 nitrogen and oxygen atoms in total. The Morgan fingerprint density at radius 3 is 2.75 bits per heavy atom. The van der Waals surface area contributed by atoms with E-state index in [1.807, 2.05) is 0 Å². The molecule has 0 aromatic carbocycles. The Morgan fingerprint density at radius 2 is 2.00 bits per heavy atom. The van der Waals surface area contributed by atoms with Gasteiger partial charge in [-0.3, -0.25) is 4.90 Å². The van der Waals surface area contributed by atoms with Crippen LogP contribution in [0.1, 0.15) is 52.4 Å². The third kappa shape index (κ3) is 2.63. The third-order valence-electron chi connectivity index (χ3n) is 5.54. The van der Waals surface area contributed by atoms with Crippen LogP contribution in [0.3, 0.4) is 0 Å². The Morgan fingerprint density at radius 1 is 1.20 bits per heavy atom. The summed E-state index contributed by atoms with van der Waals surface area (Å²) < 4.78 is 12.0. The van der Waals surface area contributed by atoms with Crippen molar-refractivity contribution in [3.63, 3.8) is 0 Å². The molecule has 2 aliphatic heterocycles. The van der Waals surface area contributed by atoms with E-state index in [0.717, 1.165) is 39.1 Å². The predicted octanol–water partition coefficient (Wildman–Crippen LogP) is 1.92. The monoisotopic (exact) mass is 282 g/mol. The van der Waals surface area contributed by atoms with Gasteiger partial charge < -0.3 is 15.2 Å². The predicted molar refractivity (Wildman–Crippen MR) is 79.8 cm³/mol. The maximum atomic E-state index is 6.27. The van der Waals surface area contributed by atoms with Crippen molar-refractivity contribution < 1.29 is 9.47 Å². The summed E-state index contributed by atoms with van der Waals surface area (Å²) >= 11 is 0. The van der Waals surface area contributed by atoms with Gasteiger partial charge >= 0.3 is 0 Å². The zero-order valence-electron chi connectivity index (χ0n) is 13.1. The van der Waals surface area contributed by atoms with E-state index in [0.29, 0.717) is 12.1 Å². The van der Waals surface area contributed by atoms with E-state index < -0.39 is 0 Å². The molecular formula is C16H30N2O2. The van der Waals surface area contributed by atoms with Gasteiger partial charge in [-0.15, -0.1) is 0 Å². The molecule has 3 aliphatic rings. The second-order valence-electron chi connectivity index (χ2n) is 7.42. The van der Waals surface area contributed by atoms with E-state index in [4.69, 9.17) is 15.2 Å². The molecule has 3 atom stereocenters. The van der Waals surface area contributed by atoms with Crippen molar-refractivity contribution in [2.45, 2.75) is 75.7 Å². The fraction of sp³-hybridized carbons (Fsp3) is 1.00. The van der Waals surface area contributed by atoms with Gasteiger partial charge in [-0.25, -0.2) is 0 Å². The molecule has 0 radical (unpaired) electrons. The Labute approximate surface area is 123 Å². The van der Waals surface area contributed by atoms with Crippen molar-refractivity contribution in [1.29, 1.82) is 0 Å². The van der Waals surface area contributed by atoms with Crippen LogP contribution in [-0.4, -0.2) is 54.5 Å². The molecule has 3 fully saturated rings. The van der Waals surface area contributed by atoms with Crippen LogP contribution in [0.4, 0.5) is 0 Å². The lowest BCUT2D eigenvalue weighted by atomic mass is 9.77. The Kier molecular flexibility index (Phi) is 4.10. The maximum absolute atomic E-state index is 6.27. The second kappa shape index (κ2) is 5.56. The number of rotatable bonds is 2. The second-order valence-corrected chi connectivity index (χ2v) is 7.42. The number of morpholine rings is 1. The van der Waals surface area contributed by atoms with Gasteiger partial charge in [0.2, 0.25) is 0 Å². The van der Waals surface area contributed by atoms with Crippen LogP contribution in [0.25, 0.3) is 0 Å². The number of nitrogens with two attached hydrogens (primary N) is 1. The summed E-state index contributed by atoms with van der Waals surface area (Å²) in [4.78, 5) is 2.71. The standard InChI is InChI=1S/C16H30N2O2/c1-15(2)11-16(12-17,7-9-20-15)18-8-10-19-14-6-4-3-5-13(14)18/h13-14H,3-12,17H2,1-2H3. The summed E-state index contributed by atoms with van der Waals surface area (Å²) in [5.74, 6) is 0. The van der Waals surface area contributed by atoms with Crippen molar-refractivity contribution in [3.05, 3.63) is 0 Å². The molecule has 20 heavy (non-hydrogen) atoms. The molecule has 0 spiro atoms. The molecule has 3 rings (SSSR count). The normalized spacial score (nSPS) is 42.1. The largest absolute Gasteiger partial charge is 0.375 e. The van der Waals surface area contributed by atoms with Gasteiger partial charge in [0, 0.05) is 31.3 Å². The first kappa shape index (κ1) is 14.8. The molecule has 2 N–H and O–H groups in total. The number of ether oxygens (including phenoxy) is 2. The highest BCUT2D eigenvalue weighted by Crippen LogP contribution is 2.41. The van der Waals surface area contributed by atoms with E-state index in [9.17, 15) is 0 Å². The van der Waals surface area contributed by atoms with Crippen molar-refractivity contribution in [2.75, 3.05) is 26.3 Å². The molecule has 2 saturated heterocycles. The van der Waals surface area contributed by atoms with Crippen molar-refractivity contribution >= 4 is 0 Å². The summed E-state index contributed by atoms with van der Waals surface area (Å²) in [7, 11) is 0. The van der Waals surface area contributed by atoms with Gasteiger partial charge in [0.1, 0.15) is 0 Å². The molecular weight excluding hydrogens is 252 g/mol. The van der Waals surface area contributed by atoms with Gasteiger partial charge in [-0.05, 0) is 39.5 Å². The van der Waals surface area contributed by atoms with Crippen LogP contribution in [0.2, 0.25) is 0 Å². The highest BCUT2D eigenvalue weighted by molar-refractivity contribution is 5.04. The Hall–Kier alpha value is -0.160. The summed E-state index contributed by atoms with van der Waals surface area (Å²) in [6.45, 7) is 7.88. The van der Waals surface area contributed by atoms with Gasteiger partial charge in [0.05, 0.1) is 18.3 Å². The zero-order chi connectivity index (χ0) is 14.2. The van der Waals surface area contributed by atoms with E-state index in [-0.39, 0.29) is 11.1 Å². The first-order valence-electron chi connectivity index (χ1n) is 8.29. The third-order valence-corrected chi connectivity index (χ3v) is 5.54. The maximum Gasteiger partial charge on any atom is 0.0731 e. The van der Waals surface area contributed by atoms with Crippen molar-refractivity contribution in [2.24, 2.45) is 5.73 Å². The fourth-order valence-corrected chi connectivity index (χ4v) is 4.67. The molecule has 1 saturated carbocycles. The van der Waals surface area contributed by atoms with Gasteiger partial charge in [0.25, 0.3) is 0 Å². The van der Waals surface area contributed by atoms with E-state index in [1.54, 1.807) is 0 Å². The lowest BCUT2D eigenvalue weighted by Gasteiger charge is -2.57. The molecule has 3 unspecified atom stereocenters. The number of hydrogen-bond acceptors (Lipinski definition) is 4. The van der Waals surface area contributed by atoms with E-state index in [1.165, 1.54) is 25.7 Å². The lowest BCUT2D eigenvalue weighted by Crippen LogP contribution is -2.68. The van der Waals surface area contributed by atoms with Crippen LogP contribution >= 0.6 is 0 Å². The van der Waals surface area contributed by atoms with Gasteiger partial charge in [-0.2, -0.15) is 0 Å². The highest BCUT2D eigenvalue weighted by Gasteiger charge is 2.49. The minimum absolute atomic E-state index is 0.0555. The molecule has 1 aliphatic carbocycles. The Balaban J connectivity index is 1.83. The molecule has 116 valence electrons. The van der Waals surface area contributed by atoms with Crippen LogP contribution < -0.4 is 5.73 Å². The zero-order valence-corrected chi connectivity index (χ0v) is 13.1. The first-order valence-corrected chi connectivity index (χ1v) is 8.29. The van der Waals surface area contributed by atoms with Crippen LogP contribution in [0.15, 0.2) is 0 Å². The SMILES string of the molecule is CC1(C)CC(CN)(N2CCOC3CCCCC32)CCO1. The lowest BCUT2D eigenvalue weighted by molar-refractivity contribution is -0.172. The summed E-state index contributed by atoms with van der Waals surface area (Å²) in [6.07, 6.45) is 7.69. The topological polar surface area (TPSA) is 47.7 Å². The molecule has 2 heterocycles. The highest BCUT2D eigenvalue weighted by atomic mass is 16.5. The van der Waals surface area contributed by atoms with Gasteiger partial charge in [-0.1, -0.05) is 12.8 Å². The molecule has 0 aromatic rings. The minimum atomic E-state index is -0.0555. The molecule has 0 aromatic heterocycles. The van der Waals surface area contributed by atoms with E-state index in [2.05, 4.69) is 18.7 Å². The summed E-state index contributed by atoms with van der Waals surface area (Å²) in [5, 5.41) is 0.